The summed E-state index contributed by atoms with van der Waals surface area (Å²) in [5, 5.41) is 15.0. The normalized spacial score (nSPS) is 11.0. The van der Waals surface area contributed by atoms with Crippen molar-refractivity contribution in [2.75, 3.05) is 0 Å². The Labute approximate surface area is 129 Å². The van der Waals surface area contributed by atoms with Crippen LogP contribution in [0, 0.1) is 6.92 Å². The highest BCUT2D eigenvalue weighted by molar-refractivity contribution is 7.08. The standard InChI is InChI=1S/C15H11N5OS/c1-9-16-13(19-18-9)10-2-4-11(5-3-10)15-17-14(20-21-15)12-6-7-22-8-12/h2-8H,1H3,(H,16,18,19). The lowest BCUT2D eigenvalue weighted by atomic mass is 10.1. The third-order valence-corrected chi connectivity index (χ3v) is 3.88. The summed E-state index contributed by atoms with van der Waals surface area (Å²) in [5.74, 6) is 2.56. The molecule has 22 heavy (non-hydrogen) atoms. The third-order valence-electron chi connectivity index (χ3n) is 3.19. The van der Waals surface area contributed by atoms with Crippen molar-refractivity contribution in [1.82, 2.24) is 25.3 Å². The molecule has 0 unspecified atom stereocenters. The van der Waals surface area contributed by atoms with E-state index >= 15 is 0 Å². The first kappa shape index (κ1) is 12.9. The number of hydrogen-bond acceptors (Lipinski definition) is 6. The molecule has 1 aromatic carbocycles. The van der Waals surface area contributed by atoms with Crippen molar-refractivity contribution in [3.8, 4) is 34.2 Å². The van der Waals surface area contributed by atoms with Gasteiger partial charge in [0.15, 0.2) is 5.82 Å². The minimum Gasteiger partial charge on any atom is -0.334 e. The van der Waals surface area contributed by atoms with Gasteiger partial charge in [0.05, 0.1) is 0 Å². The number of aromatic nitrogens is 5. The van der Waals surface area contributed by atoms with Gasteiger partial charge in [-0.05, 0) is 30.5 Å². The summed E-state index contributed by atoms with van der Waals surface area (Å²) in [5.41, 5.74) is 2.77. The fourth-order valence-corrected chi connectivity index (χ4v) is 2.72. The lowest BCUT2D eigenvalue weighted by molar-refractivity contribution is 0.432. The summed E-state index contributed by atoms with van der Waals surface area (Å²) in [6.07, 6.45) is 0. The van der Waals surface area contributed by atoms with Gasteiger partial charge in [-0.25, -0.2) is 4.98 Å². The van der Waals surface area contributed by atoms with Crippen LogP contribution in [-0.2, 0) is 0 Å². The van der Waals surface area contributed by atoms with Crippen LogP contribution < -0.4 is 0 Å². The Morgan fingerprint density at radius 1 is 0.955 bits per heavy atom. The number of aromatic amines is 1. The highest BCUT2D eigenvalue weighted by atomic mass is 32.1. The van der Waals surface area contributed by atoms with Crippen LogP contribution in [0.5, 0.6) is 0 Å². The maximum Gasteiger partial charge on any atom is 0.258 e. The predicted octanol–water partition coefficient (Wildman–Crippen LogP) is 3.56. The average Bonchev–Trinajstić information content (AvgIpc) is 3.28. The minimum absolute atomic E-state index is 0.499. The smallest absolute Gasteiger partial charge is 0.258 e. The van der Waals surface area contributed by atoms with Gasteiger partial charge in [-0.3, -0.25) is 5.10 Å². The van der Waals surface area contributed by atoms with Crippen molar-refractivity contribution in [1.29, 1.82) is 0 Å². The molecule has 3 aromatic heterocycles. The van der Waals surface area contributed by atoms with Crippen LogP contribution in [0.4, 0.5) is 0 Å². The van der Waals surface area contributed by atoms with Gasteiger partial charge < -0.3 is 4.52 Å². The number of aryl methyl sites for hydroxylation is 1. The largest absolute Gasteiger partial charge is 0.334 e. The van der Waals surface area contributed by atoms with Crippen molar-refractivity contribution in [3.05, 3.63) is 46.9 Å². The summed E-state index contributed by atoms with van der Waals surface area (Å²) in [4.78, 5) is 8.73. The van der Waals surface area contributed by atoms with Gasteiger partial charge in [-0.1, -0.05) is 17.3 Å². The number of nitrogens with one attached hydrogen (secondary N) is 1. The molecule has 0 spiro atoms. The van der Waals surface area contributed by atoms with Crippen molar-refractivity contribution in [2.45, 2.75) is 6.92 Å². The third kappa shape index (κ3) is 2.31. The summed E-state index contributed by atoms with van der Waals surface area (Å²) in [7, 11) is 0. The molecule has 0 aliphatic rings. The molecule has 7 heteroatoms. The van der Waals surface area contributed by atoms with E-state index in [1.54, 1.807) is 11.3 Å². The zero-order chi connectivity index (χ0) is 14.9. The van der Waals surface area contributed by atoms with Gasteiger partial charge >= 0.3 is 0 Å². The lowest BCUT2D eigenvalue weighted by Gasteiger charge is -1.97. The van der Waals surface area contributed by atoms with Crippen LogP contribution in [-0.4, -0.2) is 25.3 Å². The molecule has 3 heterocycles. The molecule has 0 bridgehead atoms. The van der Waals surface area contributed by atoms with Gasteiger partial charge in [-0.15, -0.1) is 0 Å². The molecule has 6 nitrogen and oxygen atoms in total. The first-order valence-electron chi connectivity index (χ1n) is 6.66. The molecular formula is C15H11N5OS. The van der Waals surface area contributed by atoms with Crippen LogP contribution in [0.25, 0.3) is 34.2 Å². The van der Waals surface area contributed by atoms with E-state index in [0.717, 1.165) is 22.5 Å². The number of H-pyrrole nitrogens is 1. The van der Waals surface area contributed by atoms with Gasteiger partial charge in [0.2, 0.25) is 5.82 Å². The van der Waals surface area contributed by atoms with Gasteiger partial charge in [0.25, 0.3) is 5.89 Å². The Hall–Kier alpha value is -2.80. The summed E-state index contributed by atoms with van der Waals surface area (Å²) >= 11 is 1.60. The topological polar surface area (TPSA) is 80.5 Å². The minimum atomic E-state index is 0.499. The van der Waals surface area contributed by atoms with Crippen molar-refractivity contribution < 1.29 is 4.52 Å². The number of benzene rings is 1. The van der Waals surface area contributed by atoms with Crippen molar-refractivity contribution in [2.24, 2.45) is 0 Å². The van der Waals surface area contributed by atoms with E-state index in [1.165, 1.54) is 0 Å². The Kier molecular flexibility index (Phi) is 3.05. The first-order chi connectivity index (χ1) is 10.8. The van der Waals surface area contributed by atoms with E-state index in [2.05, 4.69) is 25.3 Å². The summed E-state index contributed by atoms with van der Waals surface area (Å²) in [6.45, 7) is 1.87. The molecule has 0 amide bonds. The molecular weight excluding hydrogens is 298 g/mol. The van der Waals surface area contributed by atoms with E-state index in [-0.39, 0.29) is 0 Å². The van der Waals surface area contributed by atoms with Gasteiger partial charge in [0, 0.05) is 22.1 Å². The van der Waals surface area contributed by atoms with E-state index in [0.29, 0.717) is 17.5 Å². The van der Waals surface area contributed by atoms with Crippen LogP contribution in [0.2, 0.25) is 0 Å². The van der Waals surface area contributed by atoms with Crippen LogP contribution in [0.15, 0.2) is 45.6 Å². The van der Waals surface area contributed by atoms with Crippen LogP contribution in [0.3, 0.4) is 0 Å². The van der Waals surface area contributed by atoms with E-state index in [9.17, 15) is 0 Å². The molecule has 0 fully saturated rings. The zero-order valence-corrected chi connectivity index (χ0v) is 12.5. The Morgan fingerprint density at radius 3 is 2.45 bits per heavy atom. The fraction of sp³-hybridized carbons (Fsp3) is 0.0667. The Balaban J connectivity index is 1.63. The van der Waals surface area contributed by atoms with Gasteiger partial charge in [0.1, 0.15) is 5.82 Å². The van der Waals surface area contributed by atoms with Gasteiger partial charge in [-0.2, -0.15) is 21.4 Å². The second-order valence-electron chi connectivity index (χ2n) is 4.76. The van der Waals surface area contributed by atoms with Crippen molar-refractivity contribution >= 4 is 11.3 Å². The first-order valence-corrected chi connectivity index (χ1v) is 7.60. The SMILES string of the molecule is Cc1nc(-c2ccc(-c3nc(-c4ccsc4)no3)cc2)n[nH]1. The molecule has 0 saturated carbocycles. The molecule has 0 atom stereocenters. The van der Waals surface area contributed by atoms with E-state index < -0.39 is 0 Å². The fourth-order valence-electron chi connectivity index (χ4n) is 2.08. The predicted molar refractivity (Wildman–Crippen MR) is 83.2 cm³/mol. The highest BCUT2D eigenvalue weighted by Crippen LogP contribution is 2.25. The van der Waals surface area contributed by atoms with Crippen LogP contribution >= 0.6 is 11.3 Å². The molecule has 1 N–H and O–H groups in total. The number of thiophene rings is 1. The zero-order valence-electron chi connectivity index (χ0n) is 11.6. The number of nitrogens with zero attached hydrogens (tertiary/aromatic N) is 4. The molecule has 108 valence electrons. The monoisotopic (exact) mass is 309 g/mol. The van der Waals surface area contributed by atoms with Crippen molar-refractivity contribution in [3.63, 3.8) is 0 Å². The number of hydrogen-bond donors (Lipinski definition) is 1. The van der Waals surface area contributed by atoms with E-state index in [4.69, 9.17) is 4.52 Å². The molecule has 4 rings (SSSR count). The highest BCUT2D eigenvalue weighted by Gasteiger charge is 2.11. The number of rotatable bonds is 3. The summed E-state index contributed by atoms with van der Waals surface area (Å²) < 4.78 is 5.33. The quantitative estimate of drug-likeness (QED) is 0.626. The molecule has 0 aliphatic carbocycles. The molecule has 0 aliphatic heterocycles. The maximum atomic E-state index is 5.33. The van der Waals surface area contributed by atoms with Crippen LogP contribution in [0.1, 0.15) is 5.82 Å². The average molecular weight is 309 g/mol. The van der Waals surface area contributed by atoms with E-state index in [1.807, 2.05) is 48.0 Å². The Morgan fingerprint density at radius 2 is 1.77 bits per heavy atom. The maximum absolute atomic E-state index is 5.33. The molecule has 0 saturated heterocycles. The molecule has 0 radical (unpaired) electrons. The molecule has 4 aromatic rings. The second kappa shape index (κ2) is 5.19. The second-order valence-corrected chi connectivity index (χ2v) is 5.54. The lowest BCUT2D eigenvalue weighted by Crippen LogP contribution is -1.83. The summed E-state index contributed by atoms with van der Waals surface area (Å²) in [6, 6.07) is 9.69. The Bertz CT molecular complexity index is 892.